The lowest BCUT2D eigenvalue weighted by atomic mass is 10.2. The lowest BCUT2D eigenvalue weighted by Crippen LogP contribution is -2.28. The number of rotatable bonds is 8. The normalized spacial score (nSPS) is 12.3. The lowest BCUT2D eigenvalue weighted by molar-refractivity contribution is -0.198. The third-order valence-electron chi connectivity index (χ3n) is 3.35. The average molecular weight is 281 g/mol. The maximum Gasteiger partial charge on any atom is 0.0969 e. The highest BCUT2D eigenvalue weighted by atomic mass is 16.7. The van der Waals surface area contributed by atoms with E-state index in [9.17, 15) is 0 Å². The summed E-state index contributed by atoms with van der Waals surface area (Å²) in [5.41, 5.74) is 2.49. The van der Waals surface area contributed by atoms with E-state index < -0.39 is 0 Å². The SMILES string of the molecule is C=C[C@@H](CC)ON(Cc1ccccc1)Cc1ccccc1. The molecule has 0 saturated carbocycles. The Bertz CT molecular complexity index is 482. The summed E-state index contributed by atoms with van der Waals surface area (Å²) >= 11 is 0. The van der Waals surface area contributed by atoms with Crippen LogP contribution in [0.3, 0.4) is 0 Å². The molecule has 0 amide bonds. The Kier molecular flexibility index (Phi) is 6.20. The van der Waals surface area contributed by atoms with Crippen LogP contribution in [0.15, 0.2) is 73.3 Å². The smallest absolute Gasteiger partial charge is 0.0969 e. The second-order valence-corrected chi connectivity index (χ2v) is 5.06. The van der Waals surface area contributed by atoms with Crippen molar-refractivity contribution in [1.29, 1.82) is 0 Å². The van der Waals surface area contributed by atoms with Crippen molar-refractivity contribution in [2.75, 3.05) is 0 Å². The molecular weight excluding hydrogens is 258 g/mol. The summed E-state index contributed by atoms with van der Waals surface area (Å²) < 4.78 is 0. The minimum Gasteiger partial charge on any atom is -0.291 e. The van der Waals surface area contributed by atoms with Gasteiger partial charge in [-0.25, -0.2) is 0 Å². The van der Waals surface area contributed by atoms with Crippen LogP contribution in [0.5, 0.6) is 0 Å². The van der Waals surface area contributed by atoms with E-state index >= 15 is 0 Å². The van der Waals surface area contributed by atoms with E-state index in [0.717, 1.165) is 19.5 Å². The van der Waals surface area contributed by atoms with Crippen LogP contribution >= 0.6 is 0 Å². The lowest BCUT2D eigenvalue weighted by Gasteiger charge is -2.25. The minimum absolute atomic E-state index is 0.0532. The van der Waals surface area contributed by atoms with Gasteiger partial charge in [0, 0.05) is 13.1 Å². The molecule has 0 aliphatic heterocycles. The van der Waals surface area contributed by atoms with Crippen molar-refractivity contribution in [1.82, 2.24) is 5.06 Å². The van der Waals surface area contributed by atoms with Crippen LogP contribution in [0.2, 0.25) is 0 Å². The van der Waals surface area contributed by atoms with E-state index in [-0.39, 0.29) is 6.10 Å². The Morgan fingerprint density at radius 1 is 0.952 bits per heavy atom. The second kappa shape index (κ2) is 8.40. The van der Waals surface area contributed by atoms with Gasteiger partial charge < -0.3 is 0 Å². The average Bonchev–Trinajstić information content (AvgIpc) is 2.54. The molecule has 0 radical (unpaired) electrons. The van der Waals surface area contributed by atoms with E-state index in [4.69, 9.17) is 4.84 Å². The Balaban J connectivity index is 2.07. The first-order valence-corrected chi connectivity index (χ1v) is 7.44. The zero-order valence-electron chi connectivity index (χ0n) is 12.6. The zero-order valence-corrected chi connectivity index (χ0v) is 12.6. The maximum atomic E-state index is 6.07. The van der Waals surface area contributed by atoms with E-state index in [1.54, 1.807) is 0 Å². The zero-order chi connectivity index (χ0) is 14.9. The van der Waals surface area contributed by atoms with Crippen LogP contribution in [0.25, 0.3) is 0 Å². The number of hydrogen-bond donors (Lipinski definition) is 0. The van der Waals surface area contributed by atoms with Crippen LogP contribution in [0.1, 0.15) is 24.5 Å². The molecule has 21 heavy (non-hydrogen) atoms. The molecule has 0 aliphatic carbocycles. The first-order valence-electron chi connectivity index (χ1n) is 7.44. The Hall–Kier alpha value is -1.90. The number of nitrogens with zero attached hydrogens (tertiary/aromatic N) is 1. The van der Waals surface area contributed by atoms with Crippen LogP contribution in [0, 0.1) is 0 Å². The Morgan fingerprint density at radius 3 is 1.81 bits per heavy atom. The quantitative estimate of drug-likeness (QED) is 0.518. The fraction of sp³-hybridized carbons (Fsp3) is 0.263. The molecule has 0 unspecified atom stereocenters. The van der Waals surface area contributed by atoms with Gasteiger partial charge in [0.15, 0.2) is 0 Å². The van der Waals surface area contributed by atoms with Crippen molar-refractivity contribution in [2.45, 2.75) is 32.5 Å². The third-order valence-corrected chi connectivity index (χ3v) is 3.35. The summed E-state index contributed by atoms with van der Waals surface area (Å²) in [6.45, 7) is 7.48. The molecule has 0 aliphatic rings. The molecule has 2 aromatic carbocycles. The van der Waals surface area contributed by atoms with Crippen molar-refractivity contribution in [3.05, 3.63) is 84.4 Å². The Labute approximate surface area is 127 Å². The summed E-state index contributed by atoms with van der Waals surface area (Å²) in [5.74, 6) is 0. The molecule has 2 nitrogen and oxygen atoms in total. The van der Waals surface area contributed by atoms with Gasteiger partial charge in [0.25, 0.3) is 0 Å². The fourth-order valence-electron chi connectivity index (χ4n) is 2.18. The number of hydroxylamine groups is 2. The largest absolute Gasteiger partial charge is 0.291 e. The highest BCUT2D eigenvalue weighted by molar-refractivity contribution is 5.16. The monoisotopic (exact) mass is 281 g/mol. The molecule has 0 aromatic heterocycles. The van der Waals surface area contributed by atoms with E-state index in [0.29, 0.717) is 0 Å². The van der Waals surface area contributed by atoms with Crippen molar-refractivity contribution >= 4 is 0 Å². The van der Waals surface area contributed by atoms with Crippen LogP contribution < -0.4 is 0 Å². The van der Waals surface area contributed by atoms with Gasteiger partial charge in [0.05, 0.1) is 6.10 Å². The van der Waals surface area contributed by atoms with Crippen molar-refractivity contribution in [2.24, 2.45) is 0 Å². The molecule has 0 spiro atoms. The van der Waals surface area contributed by atoms with Gasteiger partial charge in [0.2, 0.25) is 0 Å². The van der Waals surface area contributed by atoms with Crippen LogP contribution in [-0.4, -0.2) is 11.2 Å². The first kappa shape index (κ1) is 15.5. The van der Waals surface area contributed by atoms with E-state index in [1.807, 2.05) is 23.3 Å². The van der Waals surface area contributed by atoms with Crippen molar-refractivity contribution in [3.63, 3.8) is 0 Å². The van der Waals surface area contributed by atoms with Gasteiger partial charge in [0.1, 0.15) is 0 Å². The molecular formula is C19H23NO. The first-order chi connectivity index (χ1) is 10.3. The Morgan fingerprint density at radius 2 is 1.43 bits per heavy atom. The molecule has 0 N–H and O–H groups in total. The van der Waals surface area contributed by atoms with Gasteiger partial charge in [-0.15, -0.1) is 6.58 Å². The highest BCUT2D eigenvalue weighted by Gasteiger charge is 2.12. The summed E-state index contributed by atoms with van der Waals surface area (Å²) in [5, 5.41) is 2.01. The molecule has 2 aromatic rings. The molecule has 0 saturated heterocycles. The third kappa shape index (κ3) is 5.18. The number of hydrogen-bond acceptors (Lipinski definition) is 2. The fourth-order valence-corrected chi connectivity index (χ4v) is 2.18. The second-order valence-electron chi connectivity index (χ2n) is 5.06. The minimum atomic E-state index is 0.0532. The summed E-state index contributed by atoms with van der Waals surface area (Å²) in [4.78, 5) is 6.07. The molecule has 2 rings (SSSR count). The standard InChI is InChI=1S/C19H23NO/c1-3-19(4-2)21-20(15-17-11-7-5-8-12-17)16-18-13-9-6-10-14-18/h3,5-14,19H,1,4,15-16H2,2H3/t19-/m0/s1. The number of benzene rings is 2. The molecule has 1 atom stereocenters. The molecule has 2 heteroatoms. The van der Waals surface area contributed by atoms with Gasteiger partial charge in [-0.2, -0.15) is 5.06 Å². The predicted molar refractivity (Wildman–Crippen MR) is 87.5 cm³/mol. The van der Waals surface area contributed by atoms with E-state index in [2.05, 4.69) is 62.0 Å². The van der Waals surface area contributed by atoms with Gasteiger partial charge >= 0.3 is 0 Å². The maximum absolute atomic E-state index is 6.07. The molecule has 0 bridgehead atoms. The topological polar surface area (TPSA) is 12.5 Å². The van der Waals surface area contributed by atoms with Gasteiger partial charge in [-0.1, -0.05) is 73.7 Å². The van der Waals surface area contributed by atoms with Crippen LogP contribution in [0.4, 0.5) is 0 Å². The van der Waals surface area contributed by atoms with Gasteiger partial charge in [-0.3, -0.25) is 4.84 Å². The van der Waals surface area contributed by atoms with Gasteiger partial charge in [-0.05, 0) is 17.5 Å². The molecule has 0 heterocycles. The summed E-state index contributed by atoms with van der Waals surface area (Å²) in [6.07, 6.45) is 2.84. The summed E-state index contributed by atoms with van der Waals surface area (Å²) in [6, 6.07) is 20.8. The predicted octanol–water partition coefficient (Wildman–Crippen LogP) is 4.59. The van der Waals surface area contributed by atoms with Crippen LogP contribution in [-0.2, 0) is 17.9 Å². The van der Waals surface area contributed by atoms with Crippen molar-refractivity contribution in [3.8, 4) is 0 Å². The molecule has 110 valence electrons. The summed E-state index contributed by atoms with van der Waals surface area (Å²) in [7, 11) is 0. The van der Waals surface area contributed by atoms with Crippen molar-refractivity contribution < 1.29 is 4.84 Å². The molecule has 0 fully saturated rings. The highest BCUT2D eigenvalue weighted by Crippen LogP contribution is 2.13. The van der Waals surface area contributed by atoms with E-state index in [1.165, 1.54) is 11.1 Å².